The number of pyridine rings is 1. The van der Waals surface area contributed by atoms with E-state index in [-0.39, 0.29) is 5.56 Å². The molecular formula is C15H15FN2O. The number of rotatable bonds is 4. The van der Waals surface area contributed by atoms with Crippen molar-refractivity contribution in [3.8, 4) is 0 Å². The number of aromatic nitrogens is 1. The molecule has 0 spiro atoms. The molecule has 0 aliphatic carbocycles. The van der Waals surface area contributed by atoms with Crippen LogP contribution in [0.2, 0.25) is 0 Å². The number of nitrogens with zero attached hydrogens (tertiary/aromatic N) is 1. The number of aryl methyl sites for hydroxylation is 1. The van der Waals surface area contributed by atoms with E-state index in [1.165, 1.54) is 18.3 Å². The van der Waals surface area contributed by atoms with E-state index in [9.17, 15) is 9.18 Å². The van der Waals surface area contributed by atoms with Gasteiger partial charge in [-0.25, -0.2) is 4.98 Å². The lowest BCUT2D eigenvalue weighted by molar-refractivity contribution is 0.102. The van der Waals surface area contributed by atoms with Crippen LogP contribution in [0.15, 0.2) is 42.6 Å². The van der Waals surface area contributed by atoms with E-state index in [0.29, 0.717) is 0 Å². The van der Waals surface area contributed by atoms with Crippen LogP contribution in [0.25, 0.3) is 0 Å². The minimum atomic E-state index is -0.757. The molecule has 0 aliphatic heterocycles. The number of nitrogens with one attached hydrogen (secondary N) is 1. The summed E-state index contributed by atoms with van der Waals surface area (Å²) in [5, 5.41) is 2.73. The first kappa shape index (κ1) is 13.2. The Bertz CT molecular complexity index is 584. The summed E-state index contributed by atoms with van der Waals surface area (Å²) in [6, 6.07) is 10.5. The third-order valence-electron chi connectivity index (χ3n) is 2.79. The Balaban J connectivity index is 2.22. The molecule has 0 aliphatic rings. The fraction of sp³-hybridized carbons (Fsp3) is 0.200. The summed E-state index contributed by atoms with van der Waals surface area (Å²) in [4.78, 5) is 15.5. The van der Waals surface area contributed by atoms with Crippen molar-refractivity contribution in [1.29, 1.82) is 0 Å². The summed E-state index contributed by atoms with van der Waals surface area (Å²) in [7, 11) is 0. The maximum Gasteiger partial charge on any atom is 0.260 e. The van der Waals surface area contributed by atoms with Gasteiger partial charge in [0.05, 0.1) is 5.56 Å². The smallest absolute Gasteiger partial charge is 0.260 e. The Morgan fingerprint density at radius 2 is 2.05 bits per heavy atom. The van der Waals surface area contributed by atoms with E-state index in [2.05, 4.69) is 17.2 Å². The molecule has 1 heterocycles. The number of hydrogen-bond acceptors (Lipinski definition) is 2. The molecule has 0 fully saturated rings. The van der Waals surface area contributed by atoms with Crippen molar-refractivity contribution < 1.29 is 9.18 Å². The van der Waals surface area contributed by atoms with Crippen molar-refractivity contribution in [3.63, 3.8) is 0 Å². The van der Waals surface area contributed by atoms with Crippen molar-refractivity contribution in [2.75, 3.05) is 5.32 Å². The Morgan fingerprint density at radius 1 is 1.26 bits per heavy atom. The molecule has 1 aromatic carbocycles. The van der Waals surface area contributed by atoms with Crippen LogP contribution in [0.3, 0.4) is 0 Å². The third-order valence-corrected chi connectivity index (χ3v) is 2.79. The summed E-state index contributed by atoms with van der Waals surface area (Å²) in [6.07, 6.45) is 3.16. The first-order valence-corrected chi connectivity index (χ1v) is 6.22. The average Bonchev–Trinajstić information content (AvgIpc) is 2.41. The van der Waals surface area contributed by atoms with Crippen LogP contribution in [0.4, 0.5) is 10.1 Å². The highest BCUT2D eigenvalue weighted by atomic mass is 19.1. The van der Waals surface area contributed by atoms with Gasteiger partial charge in [-0.15, -0.1) is 0 Å². The highest BCUT2D eigenvalue weighted by molar-refractivity contribution is 6.04. The van der Waals surface area contributed by atoms with Crippen LogP contribution >= 0.6 is 0 Å². The molecule has 4 heteroatoms. The summed E-state index contributed by atoms with van der Waals surface area (Å²) >= 11 is 0. The predicted molar refractivity (Wildman–Crippen MR) is 72.6 cm³/mol. The van der Waals surface area contributed by atoms with E-state index < -0.39 is 11.9 Å². The summed E-state index contributed by atoms with van der Waals surface area (Å²) in [5.41, 5.74) is 1.72. The van der Waals surface area contributed by atoms with Gasteiger partial charge in [0.15, 0.2) is 0 Å². The first-order chi connectivity index (χ1) is 9.22. The minimum absolute atomic E-state index is 0.0474. The quantitative estimate of drug-likeness (QED) is 0.854. The van der Waals surface area contributed by atoms with Crippen molar-refractivity contribution in [2.24, 2.45) is 0 Å². The molecular weight excluding hydrogens is 243 g/mol. The topological polar surface area (TPSA) is 42.0 Å². The highest BCUT2D eigenvalue weighted by Crippen LogP contribution is 2.18. The van der Waals surface area contributed by atoms with Crippen molar-refractivity contribution in [2.45, 2.75) is 19.8 Å². The van der Waals surface area contributed by atoms with Gasteiger partial charge >= 0.3 is 0 Å². The van der Waals surface area contributed by atoms with Gasteiger partial charge in [-0.2, -0.15) is 4.39 Å². The van der Waals surface area contributed by atoms with E-state index in [1.54, 1.807) is 0 Å². The molecule has 1 amide bonds. The highest BCUT2D eigenvalue weighted by Gasteiger charge is 2.13. The van der Waals surface area contributed by atoms with Gasteiger partial charge < -0.3 is 5.32 Å². The molecule has 0 bridgehead atoms. The number of carbonyl (C=O) groups excluding carboxylic acids is 1. The van der Waals surface area contributed by atoms with Gasteiger partial charge in [-0.05, 0) is 30.2 Å². The molecule has 1 aromatic heterocycles. The van der Waals surface area contributed by atoms with Crippen molar-refractivity contribution in [1.82, 2.24) is 4.98 Å². The standard InChI is InChI=1S/C15H15FN2O/c1-2-6-11-7-3-4-9-13(11)18-15(19)12-8-5-10-17-14(12)16/h3-5,7-10H,2,6H2,1H3,(H,18,19). The SMILES string of the molecule is CCCc1ccccc1NC(=O)c1cccnc1F. The van der Waals surface area contributed by atoms with Crippen LogP contribution < -0.4 is 5.32 Å². The van der Waals surface area contributed by atoms with Gasteiger partial charge in [-0.3, -0.25) is 4.79 Å². The van der Waals surface area contributed by atoms with Gasteiger partial charge in [0.25, 0.3) is 5.91 Å². The predicted octanol–water partition coefficient (Wildman–Crippen LogP) is 3.43. The van der Waals surface area contributed by atoms with Crippen molar-refractivity contribution in [3.05, 3.63) is 59.7 Å². The lowest BCUT2D eigenvalue weighted by Crippen LogP contribution is -2.15. The molecule has 0 saturated carbocycles. The van der Waals surface area contributed by atoms with Crippen LogP contribution in [-0.4, -0.2) is 10.9 Å². The maximum atomic E-state index is 13.4. The second kappa shape index (κ2) is 6.09. The zero-order valence-corrected chi connectivity index (χ0v) is 10.7. The van der Waals surface area contributed by atoms with Gasteiger partial charge in [0.1, 0.15) is 0 Å². The van der Waals surface area contributed by atoms with Crippen molar-refractivity contribution >= 4 is 11.6 Å². The first-order valence-electron chi connectivity index (χ1n) is 6.22. The number of para-hydroxylation sites is 1. The summed E-state index contributed by atoms with van der Waals surface area (Å²) in [6.45, 7) is 2.07. The van der Waals surface area contributed by atoms with E-state index in [0.717, 1.165) is 24.1 Å². The molecule has 0 atom stereocenters. The molecule has 98 valence electrons. The largest absolute Gasteiger partial charge is 0.322 e. The lowest BCUT2D eigenvalue weighted by atomic mass is 10.1. The second-order valence-electron chi connectivity index (χ2n) is 4.20. The molecule has 1 N–H and O–H groups in total. The Hall–Kier alpha value is -2.23. The fourth-order valence-corrected chi connectivity index (χ4v) is 1.87. The number of halogens is 1. The van der Waals surface area contributed by atoms with Gasteiger partial charge in [0, 0.05) is 11.9 Å². The Morgan fingerprint density at radius 3 is 2.79 bits per heavy atom. The third kappa shape index (κ3) is 3.16. The van der Waals surface area contributed by atoms with Crippen LogP contribution in [0.1, 0.15) is 29.3 Å². The monoisotopic (exact) mass is 258 g/mol. The van der Waals surface area contributed by atoms with Gasteiger partial charge in [0.2, 0.25) is 5.95 Å². The molecule has 3 nitrogen and oxygen atoms in total. The maximum absolute atomic E-state index is 13.4. The number of hydrogen-bond donors (Lipinski definition) is 1. The molecule has 2 rings (SSSR count). The fourth-order valence-electron chi connectivity index (χ4n) is 1.87. The zero-order chi connectivity index (χ0) is 13.7. The van der Waals surface area contributed by atoms with Crippen LogP contribution in [-0.2, 0) is 6.42 Å². The van der Waals surface area contributed by atoms with Crippen LogP contribution in [0.5, 0.6) is 0 Å². The number of benzene rings is 1. The Kier molecular flexibility index (Phi) is 4.23. The van der Waals surface area contributed by atoms with Gasteiger partial charge in [-0.1, -0.05) is 31.5 Å². The molecule has 0 saturated heterocycles. The number of carbonyl (C=O) groups is 1. The molecule has 19 heavy (non-hydrogen) atoms. The second-order valence-corrected chi connectivity index (χ2v) is 4.20. The minimum Gasteiger partial charge on any atom is -0.322 e. The lowest BCUT2D eigenvalue weighted by Gasteiger charge is -2.10. The number of amides is 1. The summed E-state index contributed by atoms with van der Waals surface area (Å²) in [5.74, 6) is -1.23. The Labute approximate surface area is 111 Å². The zero-order valence-electron chi connectivity index (χ0n) is 10.7. The average molecular weight is 258 g/mol. The normalized spacial score (nSPS) is 10.2. The molecule has 0 unspecified atom stereocenters. The van der Waals surface area contributed by atoms with E-state index in [4.69, 9.17) is 0 Å². The number of anilines is 1. The summed E-state index contributed by atoms with van der Waals surface area (Å²) < 4.78 is 13.4. The van der Waals surface area contributed by atoms with Crippen LogP contribution in [0, 0.1) is 5.95 Å². The van der Waals surface area contributed by atoms with E-state index >= 15 is 0 Å². The molecule has 2 aromatic rings. The van der Waals surface area contributed by atoms with E-state index in [1.807, 2.05) is 24.3 Å². The molecule has 0 radical (unpaired) electrons.